The van der Waals surface area contributed by atoms with Crippen LogP contribution in [0.4, 0.5) is 0 Å². The molecule has 110 valence electrons. The Balaban J connectivity index is 1.61. The van der Waals surface area contributed by atoms with Gasteiger partial charge in [-0.05, 0) is 24.1 Å². The molecule has 1 aliphatic rings. The summed E-state index contributed by atoms with van der Waals surface area (Å²) >= 11 is 7.14. The van der Waals surface area contributed by atoms with Gasteiger partial charge >= 0.3 is 0 Å². The van der Waals surface area contributed by atoms with Crippen LogP contribution in [0.5, 0.6) is 0 Å². The van der Waals surface area contributed by atoms with Gasteiger partial charge in [-0.3, -0.25) is 4.79 Å². The molecule has 0 radical (unpaired) electrons. The fourth-order valence-electron chi connectivity index (χ4n) is 1.91. The minimum atomic E-state index is -0.610. The van der Waals surface area contributed by atoms with E-state index in [0.717, 1.165) is 17.7 Å². The average molecular weight is 316 g/mol. The van der Waals surface area contributed by atoms with Gasteiger partial charge in [0.1, 0.15) is 0 Å². The van der Waals surface area contributed by atoms with E-state index in [1.54, 1.807) is 0 Å². The fraction of sp³-hybridized carbons (Fsp3) is 0.500. The first-order valence-corrected chi connectivity index (χ1v) is 7.92. The van der Waals surface area contributed by atoms with Crippen LogP contribution >= 0.6 is 23.4 Å². The molecule has 0 unspecified atom stereocenters. The Bertz CT molecular complexity index is 441. The first-order valence-electron chi connectivity index (χ1n) is 6.55. The molecular formula is C14H18ClNO3S. The molecule has 2 N–H and O–H groups in total. The van der Waals surface area contributed by atoms with E-state index in [-0.39, 0.29) is 17.8 Å². The van der Waals surface area contributed by atoms with Crippen LogP contribution < -0.4 is 5.32 Å². The van der Waals surface area contributed by atoms with Gasteiger partial charge < -0.3 is 15.2 Å². The Labute approximate surface area is 127 Å². The zero-order valence-corrected chi connectivity index (χ0v) is 12.6. The molecule has 20 heavy (non-hydrogen) atoms. The van der Waals surface area contributed by atoms with Crippen LogP contribution in [-0.2, 0) is 16.1 Å². The highest BCUT2D eigenvalue weighted by molar-refractivity contribution is 8.14. The van der Waals surface area contributed by atoms with Gasteiger partial charge in [0.15, 0.2) is 0 Å². The molecule has 4 nitrogen and oxygen atoms in total. The normalized spacial score (nSPS) is 20.3. The monoisotopic (exact) mass is 315 g/mol. The highest BCUT2D eigenvalue weighted by Gasteiger charge is 2.25. The summed E-state index contributed by atoms with van der Waals surface area (Å²) in [5.74, 6) is 0.861. The number of aliphatic hydroxyl groups excluding tert-OH is 1. The molecule has 0 aliphatic carbocycles. The number of halogens is 1. The van der Waals surface area contributed by atoms with E-state index in [4.69, 9.17) is 16.3 Å². The quantitative estimate of drug-likeness (QED) is 0.804. The van der Waals surface area contributed by atoms with Gasteiger partial charge in [0.25, 0.3) is 0 Å². The number of hydrogen-bond donors (Lipinski definition) is 2. The van der Waals surface area contributed by atoms with Crippen LogP contribution in [-0.4, -0.2) is 41.3 Å². The van der Waals surface area contributed by atoms with E-state index in [0.29, 0.717) is 18.2 Å². The van der Waals surface area contributed by atoms with Crippen molar-refractivity contribution < 1.29 is 14.6 Å². The number of carbonyl (C=O) groups is 1. The molecular weight excluding hydrogens is 298 g/mol. The second kappa shape index (κ2) is 8.00. The molecule has 0 aromatic heterocycles. The Morgan fingerprint density at radius 3 is 2.85 bits per heavy atom. The number of nitrogens with one attached hydrogen (secondary N) is 1. The molecule has 1 saturated heterocycles. The van der Waals surface area contributed by atoms with E-state index in [1.165, 1.54) is 11.8 Å². The summed E-state index contributed by atoms with van der Waals surface area (Å²) in [5, 5.41) is 13.7. The van der Waals surface area contributed by atoms with Crippen molar-refractivity contribution in [1.82, 2.24) is 5.32 Å². The third kappa shape index (κ3) is 5.07. The lowest BCUT2D eigenvalue weighted by Crippen LogP contribution is -2.39. The summed E-state index contributed by atoms with van der Waals surface area (Å²) < 4.78 is 5.44. The van der Waals surface area contributed by atoms with Gasteiger partial charge in [-0.15, -0.1) is 0 Å². The number of benzene rings is 1. The number of carbonyl (C=O) groups excluding carboxylic acids is 1. The average Bonchev–Trinajstić information content (AvgIpc) is 2.84. The Kier molecular flexibility index (Phi) is 6.32. The second-order valence-corrected chi connectivity index (χ2v) is 6.25. The summed E-state index contributed by atoms with van der Waals surface area (Å²) in [6, 6.07) is 7.28. The molecule has 0 spiro atoms. The molecule has 1 aromatic rings. The minimum absolute atomic E-state index is 0.120. The number of hydrogen-bond acceptors (Lipinski definition) is 5. The third-order valence-electron chi connectivity index (χ3n) is 3.03. The molecule has 6 heteroatoms. The third-order valence-corrected chi connectivity index (χ3v) is 4.29. The SMILES string of the molecule is O=C1SCC[C@@H]1NC[C@H](O)COCc1ccc(Cl)cc1. The maximum absolute atomic E-state index is 11.4. The topological polar surface area (TPSA) is 58.6 Å². The van der Waals surface area contributed by atoms with E-state index < -0.39 is 6.10 Å². The van der Waals surface area contributed by atoms with E-state index in [9.17, 15) is 9.90 Å². The lowest BCUT2D eigenvalue weighted by molar-refractivity contribution is -0.112. The van der Waals surface area contributed by atoms with E-state index in [1.807, 2.05) is 24.3 Å². The Morgan fingerprint density at radius 2 is 2.20 bits per heavy atom. The molecule has 1 aromatic carbocycles. The van der Waals surface area contributed by atoms with Gasteiger partial charge in [0, 0.05) is 17.3 Å². The second-order valence-electron chi connectivity index (χ2n) is 4.71. The number of aliphatic hydroxyl groups is 1. The highest BCUT2D eigenvalue weighted by atomic mass is 35.5. The number of ether oxygens (including phenoxy) is 1. The van der Waals surface area contributed by atoms with E-state index >= 15 is 0 Å². The van der Waals surface area contributed by atoms with Crippen molar-refractivity contribution in [2.75, 3.05) is 18.9 Å². The largest absolute Gasteiger partial charge is 0.389 e. The first kappa shape index (κ1) is 15.8. The zero-order chi connectivity index (χ0) is 14.4. The standard InChI is InChI=1S/C14H18ClNO3S/c15-11-3-1-10(2-4-11)8-19-9-12(17)7-16-13-5-6-20-14(13)18/h1-4,12-13,16-17H,5-9H2/t12-,13-/m0/s1. The minimum Gasteiger partial charge on any atom is -0.389 e. The maximum Gasteiger partial charge on any atom is 0.205 e. The zero-order valence-electron chi connectivity index (χ0n) is 11.0. The summed E-state index contributed by atoms with van der Waals surface area (Å²) in [4.78, 5) is 11.4. The van der Waals surface area contributed by atoms with Gasteiger partial charge in [-0.1, -0.05) is 35.5 Å². The van der Waals surface area contributed by atoms with Gasteiger partial charge in [0.2, 0.25) is 5.12 Å². The number of thioether (sulfide) groups is 1. The summed E-state index contributed by atoms with van der Waals surface area (Å²) in [6.45, 7) is 1.05. The first-order chi connectivity index (χ1) is 9.65. The van der Waals surface area contributed by atoms with Crippen molar-refractivity contribution in [3.63, 3.8) is 0 Å². The summed E-state index contributed by atoms with van der Waals surface area (Å²) in [5.41, 5.74) is 1.01. The van der Waals surface area contributed by atoms with Crippen molar-refractivity contribution in [3.05, 3.63) is 34.9 Å². The lowest BCUT2D eigenvalue weighted by Gasteiger charge is -2.15. The highest BCUT2D eigenvalue weighted by Crippen LogP contribution is 2.19. The molecule has 0 saturated carbocycles. The van der Waals surface area contributed by atoms with Gasteiger partial charge in [0.05, 0.1) is 25.4 Å². The van der Waals surface area contributed by atoms with Crippen molar-refractivity contribution in [2.45, 2.75) is 25.2 Å². The van der Waals surface area contributed by atoms with Crippen LogP contribution in [0.15, 0.2) is 24.3 Å². The molecule has 2 atom stereocenters. The molecule has 0 bridgehead atoms. The van der Waals surface area contributed by atoms with Gasteiger partial charge in [-0.2, -0.15) is 0 Å². The van der Waals surface area contributed by atoms with Crippen LogP contribution in [0.3, 0.4) is 0 Å². The van der Waals surface area contributed by atoms with Crippen molar-refractivity contribution in [3.8, 4) is 0 Å². The summed E-state index contributed by atoms with van der Waals surface area (Å²) in [6.07, 6.45) is 0.225. The van der Waals surface area contributed by atoms with Crippen LogP contribution in [0, 0.1) is 0 Å². The molecule has 1 fully saturated rings. The maximum atomic E-state index is 11.4. The van der Waals surface area contributed by atoms with Crippen molar-refractivity contribution >= 4 is 28.5 Å². The number of rotatable bonds is 7. The van der Waals surface area contributed by atoms with Crippen molar-refractivity contribution in [1.29, 1.82) is 0 Å². The smallest absolute Gasteiger partial charge is 0.205 e. The summed E-state index contributed by atoms with van der Waals surface area (Å²) in [7, 11) is 0. The van der Waals surface area contributed by atoms with Crippen LogP contribution in [0.1, 0.15) is 12.0 Å². The molecule has 1 aliphatic heterocycles. The molecule has 2 rings (SSSR count). The van der Waals surface area contributed by atoms with Crippen LogP contribution in [0.2, 0.25) is 5.02 Å². The van der Waals surface area contributed by atoms with Crippen molar-refractivity contribution in [2.24, 2.45) is 0 Å². The Morgan fingerprint density at radius 1 is 1.45 bits per heavy atom. The van der Waals surface area contributed by atoms with E-state index in [2.05, 4.69) is 5.32 Å². The molecule has 1 heterocycles. The van der Waals surface area contributed by atoms with Crippen LogP contribution in [0.25, 0.3) is 0 Å². The predicted molar refractivity (Wildman–Crippen MR) is 81.0 cm³/mol. The van der Waals surface area contributed by atoms with Gasteiger partial charge in [-0.25, -0.2) is 0 Å². The Hall–Kier alpha value is -0.590. The molecule has 0 amide bonds. The fourth-order valence-corrected chi connectivity index (χ4v) is 2.99. The lowest BCUT2D eigenvalue weighted by atomic mass is 10.2. The predicted octanol–water partition coefficient (Wildman–Crippen LogP) is 1.84.